The van der Waals surface area contributed by atoms with Crippen LogP contribution in [0.5, 0.6) is 11.5 Å². The van der Waals surface area contributed by atoms with Gasteiger partial charge in [0.15, 0.2) is 0 Å². The molecule has 176 valence electrons. The summed E-state index contributed by atoms with van der Waals surface area (Å²) in [6.45, 7) is 7.71. The second-order valence-electron chi connectivity index (χ2n) is 8.70. The summed E-state index contributed by atoms with van der Waals surface area (Å²) in [5.74, 6) is 1.48. The van der Waals surface area contributed by atoms with Crippen LogP contribution in [0.3, 0.4) is 0 Å². The average molecular weight is 457 g/mol. The van der Waals surface area contributed by atoms with E-state index in [0.29, 0.717) is 18.5 Å². The van der Waals surface area contributed by atoms with Gasteiger partial charge in [-0.2, -0.15) is 0 Å². The molecule has 0 saturated heterocycles. The maximum Gasteiger partial charge on any atom is 0.251 e. The van der Waals surface area contributed by atoms with Crippen molar-refractivity contribution in [1.82, 2.24) is 9.88 Å². The molecule has 0 unspecified atom stereocenters. The highest BCUT2D eigenvalue weighted by molar-refractivity contribution is 5.99. The highest BCUT2D eigenvalue weighted by Gasteiger charge is 2.15. The van der Waals surface area contributed by atoms with E-state index in [4.69, 9.17) is 9.47 Å². The zero-order valence-electron chi connectivity index (χ0n) is 20.6. The summed E-state index contributed by atoms with van der Waals surface area (Å²) in [5, 5.41) is 4.16. The maximum atomic E-state index is 12.9. The molecular formula is C29H32N2O3. The lowest BCUT2D eigenvalue weighted by atomic mass is 10.1. The number of aryl methyl sites for hydroxylation is 2. The molecule has 0 bridgehead atoms. The SMILES string of the molecule is COc1ccc(OC)c(CCNC(=O)c2ccc3c(c2)c(C)c(C)n3Cc2cccc(C)c2)c1. The fourth-order valence-corrected chi connectivity index (χ4v) is 4.48. The van der Waals surface area contributed by atoms with Crippen LogP contribution < -0.4 is 14.8 Å². The molecule has 0 atom stereocenters. The number of ether oxygens (including phenoxy) is 2. The van der Waals surface area contributed by atoms with Gasteiger partial charge in [-0.05, 0) is 80.3 Å². The zero-order valence-corrected chi connectivity index (χ0v) is 20.6. The number of methoxy groups -OCH3 is 2. The molecule has 1 amide bonds. The van der Waals surface area contributed by atoms with E-state index >= 15 is 0 Å². The minimum Gasteiger partial charge on any atom is -0.497 e. The first-order valence-electron chi connectivity index (χ1n) is 11.6. The summed E-state index contributed by atoms with van der Waals surface area (Å²) in [5.41, 5.74) is 7.77. The van der Waals surface area contributed by atoms with Crippen LogP contribution in [0.25, 0.3) is 10.9 Å². The summed E-state index contributed by atoms with van der Waals surface area (Å²) in [7, 11) is 3.29. The van der Waals surface area contributed by atoms with Crippen LogP contribution in [0, 0.1) is 20.8 Å². The highest BCUT2D eigenvalue weighted by Crippen LogP contribution is 2.28. The van der Waals surface area contributed by atoms with Crippen molar-refractivity contribution < 1.29 is 14.3 Å². The van der Waals surface area contributed by atoms with Gasteiger partial charge in [-0.3, -0.25) is 4.79 Å². The van der Waals surface area contributed by atoms with Crippen molar-refractivity contribution in [2.45, 2.75) is 33.7 Å². The molecule has 5 nitrogen and oxygen atoms in total. The number of hydrogen-bond acceptors (Lipinski definition) is 3. The zero-order chi connectivity index (χ0) is 24.2. The predicted octanol–water partition coefficient (Wildman–Crippen LogP) is 5.60. The Kier molecular flexibility index (Phi) is 6.92. The Bertz CT molecular complexity index is 1340. The molecule has 0 radical (unpaired) electrons. The van der Waals surface area contributed by atoms with Crippen LogP contribution >= 0.6 is 0 Å². The lowest BCUT2D eigenvalue weighted by molar-refractivity contribution is 0.0954. The minimum absolute atomic E-state index is 0.0766. The minimum atomic E-state index is -0.0766. The third-order valence-corrected chi connectivity index (χ3v) is 6.49. The highest BCUT2D eigenvalue weighted by atomic mass is 16.5. The predicted molar refractivity (Wildman–Crippen MR) is 137 cm³/mol. The van der Waals surface area contributed by atoms with Crippen LogP contribution in [0.2, 0.25) is 0 Å². The van der Waals surface area contributed by atoms with E-state index in [-0.39, 0.29) is 5.91 Å². The van der Waals surface area contributed by atoms with Gasteiger partial charge in [0.2, 0.25) is 0 Å². The molecular weight excluding hydrogens is 424 g/mol. The van der Waals surface area contributed by atoms with Gasteiger partial charge in [-0.15, -0.1) is 0 Å². The van der Waals surface area contributed by atoms with E-state index in [9.17, 15) is 4.79 Å². The van der Waals surface area contributed by atoms with E-state index in [1.54, 1.807) is 14.2 Å². The van der Waals surface area contributed by atoms with Gasteiger partial charge < -0.3 is 19.4 Å². The van der Waals surface area contributed by atoms with Crippen molar-refractivity contribution in [3.8, 4) is 11.5 Å². The number of carbonyl (C=O) groups excluding carboxylic acids is 1. The van der Waals surface area contributed by atoms with Gasteiger partial charge in [0.05, 0.1) is 14.2 Å². The molecule has 0 saturated carbocycles. The molecule has 5 heteroatoms. The average Bonchev–Trinajstić information content (AvgIpc) is 3.08. The number of fused-ring (bicyclic) bond motifs is 1. The standard InChI is InChI=1S/C29H32N2O3/c1-19-7-6-8-22(15-19)18-31-21(3)20(2)26-17-24(9-11-27(26)31)29(32)30-14-13-23-16-25(33-4)10-12-28(23)34-5/h6-12,15-17H,13-14,18H2,1-5H3,(H,30,32). The number of amides is 1. The number of aromatic nitrogens is 1. The van der Waals surface area contributed by atoms with Crippen molar-refractivity contribution in [3.05, 3.63) is 94.2 Å². The molecule has 0 spiro atoms. The summed E-state index contributed by atoms with van der Waals surface area (Å²) >= 11 is 0. The van der Waals surface area contributed by atoms with Crippen molar-refractivity contribution in [3.63, 3.8) is 0 Å². The Morgan fingerprint density at radius 1 is 0.941 bits per heavy atom. The molecule has 1 heterocycles. The quantitative estimate of drug-likeness (QED) is 0.375. The molecule has 34 heavy (non-hydrogen) atoms. The molecule has 1 aromatic heterocycles. The lowest BCUT2D eigenvalue weighted by Gasteiger charge is -2.11. The normalized spacial score (nSPS) is 11.0. The first-order valence-corrected chi connectivity index (χ1v) is 11.6. The second-order valence-corrected chi connectivity index (χ2v) is 8.70. The Morgan fingerprint density at radius 3 is 2.50 bits per heavy atom. The molecule has 4 aromatic rings. The van der Waals surface area contributed by atoms with Crippen molar-refractivity contribution in [2.75, 3.05) is 20.8 Å². The fraction of sp³-hybridized carbons (Fsp3) is 0.276. The fourth-order valence-electron chi connectivity index (χ4n) is 4.48. The van der Waals surface area contributed by atoms with Crippen LogP contribution in [-0.4, -0.2) is 31.2 Å². The number of nitrogens with zero attached hydrogens (tertiary/aromatic N) is 1. The summed E-state index contributed by atoms with van der Waals surface area (Å²) in [6, 6.07) is 20.3. The van der Waals surface area contributed by atoms with E-state index in [2.05, 4.69) is 61.0 Å². The van der Waals surface area contributed by atoms with Crippen LogP contribution in [0.4, 0.5) is 0 Å². The molecule has 0 fully saturated rings. The smallest absolute Gasteiger partial charge is 0.251 e. The molecule has 0 aliphatic carbocycles. The molecule has 4 rings (SSSR count). The maximum absolute atomic E-state index is 12.9. The Balaban J connectivity index is 1.50. The number of hydrogen-bond donors (Lipinski definition) is 1. The topological polar surface area (TPSA) is 52.5 Å². The van der Waals surface area contributed by atoms with Gasteiger partial charge in [0.25, 0.3) is 5.91 Å². The molecule has 0 aliphatic rings. The van der Waals surface area contributed by atoms with Gasteiger partial charge in [0.1, 0.15) is 11.5 Å². The van der Waals surface area contributed by atoms with Gasteiger partial charge in [0, 0.05) is 35.2 Å². The van der Waals surface area contributed by atoms with Crippen LogP contribution in [0.1, 0.15) is 38.3 Å². The Morgan fingerprint density at radius 2 is 1.76 bits per heavy atom. The number of carbonyl (C=O) groups is 1. The number of rotatable bonds is 8. The lowest BCUT2D eigenvalue weighted by Crippen LogP contribution is -2.25. The molecule has 1 N–H and O–H groups in total. The van der Waals surface area contributed by atoms with Gasteiger partial charge in [-0.25, -0.2) is 0 Å². The Labute approximate surface area is 201 Å². The van der Waals surface area contributed by atoms with Gasteiger partial charge in [-0.1, -0.05) is 29.8 Å². The van der Waals surface area contributed by atoms with Crippen molar-refractivity contribution in [1.29, 1.82) is 0 Å². The first kappa shape index (κ1) is 23.4. The van der Waals surface area contributed by atoms with Gasteiger partial charge >= 0.3 is 0 Å². The van der Waals surface area contributed by atoms with Crippen LogP contribution in [0.15, 0.2) is 60.7 Å². The number of nitrogens with one attached hydrogen (secondary N) is 1. The molecule has 3 aromatic carbocycles. The summed E-state index contributed by atoms with van der Waals surface area (Å²) in [4.78, 5) is 12.9. The van der Waals surface area contributed by atoms with E-state index in [1.807, 2.05) is 30.3 Å². The third kappa shape index (κ3) is 4.79. The van der Waals surface area contributed by atoms with E-state index in [1.165, 1.54) is 22.4 Å². The van der Waals surface area contributed by atoms with Crippen LogP contribution in [-0.2, 0) is 13.0 Å². The first-order chi connectivity index (χ1) is 16.4. The van der Waals surface area contributed by atoms with E-state index < -0.39 is 0 Å². The molecule has 0 aliphatic heterocycles. The Hall–Kier alpha value is -3.73. The second kappa shape index (κ2) is 10.0. The third-order valence-electron chi connectivity index (χ3n) is 6.49. The van der Waals surface area contributed by atoms with E-state index in [0.717, 1.165) is 34.5 Å². The summed E-state index contributed by atoms with van der Waals surface area (Å²) < 4.78 is 13.1. The summed E-state index contributed by atoms with van der Waals surface area (Å²) in [6.07, 6.45) is 0.652. The van der Waals surface area contributed by atoms with Crippen molar-refractivity contribution in [2.24, 2.45) is 0 Å². The largest absolute Gasteiger partial charge is 0.497 e. The monoisotopic (exact) mass is 456 g/mol. The number of benzene rings is 3. The van der Waals surface area contributed by atoms with Crippen molar-refractivity contribution >= 4 is 16.8 Å².